The Bertz CT molecular complexity index is 680. The number of aryl methyl sites for hydroxylation is 1. The fourth-order valence-corrected chi connectivity index (χ4v) is 2.18. The van der Waals surface area contributed by atoms with E-state index in [1.165, 1.54) is 19.1 Å². The second-order valence-electron chi connectivity index (χ2n) is 4.65. The third kappa shape index (κ3) is 3.64. The molecule has 0 amide bonds. The van der Waals surface area contributed by atoms with Crippen LogP contribution in [0.5, 0.6) is 0 Å². The molecule has 108 valence electrons. The van der Waals surface area contributed by atoms with Gasteiger partial charge < -0.3 is 0 Å². The number of H-pyrrole nitrogens is 1. The lowest BCUT2D eigenvalue weighted by Gasteiger charge is -2.05. The summed E-state index contributed by atoms with van der Waals surface area (Å²) in [6.07, 6.45) is 0.749. The Morgan fingerprint density at radius 3 is 2.60 bits per heavy atom. The average molecular weight is 298 g/mol. The van der Waals surface area contributed by atoms with Gasteiger partial charge in [-0.1, -0.05) is 0 Å². The zero-order chi connectivity index (χ0) is 14.8. The predicted octanol–water partition coefficient (Wildman–Crippen LogP) is 2.42. The van der Waals surface area contributed by atoms with Gasteiger partial charge in [0.15, 0.2) is 0 Å². The summed E-state index contributed by atoms with van der Waals surface area (Å²) < 4.78 is 43.5. The molecule has 0 spiro atoms. The first kappa shape index (κ1) is 14.7. The third-order valence-corrected chi connectivity index (χ3v) is 4.35. The summed E-state index contributed by atoms with van der Waals surface area (Å²) in [7, 11) is -4.00. The molecule has 5 nitrogen and oxygen atoms in total. The maximum atomic E-state index is 12.8. The smallest absolute Gasteiger partial charge is 0.267 e. The quantitative estimate of drug-likeness (QED) is 0.830. The topological polar surface area (TPSA) is 83.0 Å². The van der Waals surface area contributed by atoms with Gasteiger partial charge in [-0.3, -0.25) is 9.65 Å². The molecule has 7 heteroatoms. The fourth-order valence-electron chi connectivity index (χ4n) is 1.77. The first-order valence-corrected chi connectivity index (χ1v) is 7.63. The standard InChI is InChI=1S/C13H15FN2O3S/c1-9(20(17,18)19)2-7-12-8-13(16-15-12)10-3-5-11(14)6-4-10/h3-6,8-9H,2,7H2,1H3,(H,15,16)(H,17,18,19). The molecule has 0 aliphatic heterocycles. The summed E-state index contributed by atoms with van der Waals surface area (Å²) >= 11 is 0. The van der Waals surface area contributed by atoms with Crippen molar-refractivity contribution in [3.05, 3.63) is 41.8 Å². The van der Waals surface area contributed by atoms with Crippen LogP contribution in [0.1, 0.15) is 19.0 Å². The van der Waals surface area contributed by atoms with Crippen molar-refractivity contribution in [2.24, 2.45) is 0 Å². The second-order valence-corrected chi connectivity index (χ2v) is 6.48. The highest BCUT2D eigenvalue weighted by Crippen LogP contribution is 2.19. The zero-order valence-electron chi connectivity index (χ0n) is 10.9. The molecule has 1 aromatic carbocycles. The van der Waals surface area contributed by atoms with E-state index < -0.39 is 15.4 Å². The molecule has 1 aromatic heterocycles. The van der Waals surface area contributed by atoms with E-state index in [2.05, 4.69) is 10.2 Å². The van der Waals surface area contributed by atoms with Crippen LogP contribution in [0.2, 0.25) is 0 Å². The van der Waals surface area contributed by atoms with E-state index >= 15 is 0 Å². The van der Waals surface area contributed by atoms with E-state index in [-0.39, 0.29) is 5.82 Å². The third-order valence-electron chi connectivity index (χ3n) is 3.10. The van der Waals surface area contributed by atoms with Crippen LogP contribution in [0, 0.1) is 5.82 Å². The molecule has 0 bridgehead atoms. The van der Waals surface area contributed by atoms with Crippen molar-refractivity contribution in [1.82, 2.24) is 10.2 Å². The minimum atomic E-state index is -4.00. The number of rotatable bonds is 5. The number of halogens is 1. The second kappa shape index (κ2) is 5.72. The number of hydrogen-bond donors (Lipinski definition) is 2. The SMILES string of the molecule is CC(CCc1cc(-c2ccc(F)cc2)n[nH]1)S(=O)(=O)O. The lowest BCUT2D eigenvalue weighted by molar-refractivity contribution is 0.466. The largest absolute Gasteiger partial charge is 0.285 e. The molecular weight excluding hydrogens is 283 g/mol. The van der Waals surface area contributed by atoms with Gasteiger partial charge in [-0.2, -0.15) is 13.5 Å². The van der Waals surface area contributed by atoms with Crippen LogP contribution in [-0.4, -0.2) is 28.4 Å². The molecule has 0 aliphatic carbocycles. The Morgan fingerprint density at radius 2 is 2.00 bits per heavy atom. The van der Waals surface area contributed by atoms with Crippen molar-refractivity contribution in [2.75, 3.05) is 0 Å². The summed E-state index contributed by atoms with van der Waals surface area (Å²) in [5, 5.41) is 6.08. The number of aromatic nitrogens is 2. The Morgan fingerprint density at radius 1 is 1.35 bits per heavy atom. The van der Waals surface area contributed by atoms with Crippen LogP contribution >= 0.6 is 0 Å². The molecule has 1 atom stereocenters. The van der Waals surface area contributed by atoms with E-state index in [9.17, 15) is 12.8 Å². The molecule has 1 heterocycles. The minimum Gasteiger partial charge on any atom is -0.285 e. The van der Waals surface area contributed by atoms with Crippen LogP contribution in [0.25, 0.3) is 11.3 Å². The van der Waals surface area contributed by atoms with Crippen molar-refractivity contribution >= 4 is 10.1 Å². The summed E-state index contributed by atoms with van der Waals surface area (Å²) in [5.74, 6) is -0.313. The summed E-state index contributed by atoms with van der Waals surface area (Å²) in [4.78, 5) is 0. The molecular formula is C13H15FN2O3S. The van der Waals surface area contributed by atoms with E-state index in [0.29, 0.717) is 18.5 Å². The fraction of sp³-hybridized carbons (Fsp3) is 0.308. The lowest BCUT2D eigenvalue weighted by Crippen LogP contribution is -2.17. The van der Waals surface area contributed by atoms with Gasteiger partial charge in [-0.05, 0) is 50.1 Å². The van der Waals surface area contributed by atoms with Gasteiger partial charge in [0.05, 0.1) is 10.9 Å². The monoisotopic (exact) mass is 298 g/mol. The Labute approximate surface area is 116 Å². The van der Waals surface area contributed by atoms with Gasteiger partial charge in [0.25, 0.3) is 10.1 Å². The van der Waals surface area contributed by atoms with Crippen molar-refractivity contribution < 1.29 is 17.4 Å². The van der Waals surface area contributed by atoms with Crippen LogP contribution < -0.4 is 0 Å². The lowest BCUT2D eigenvalue weighted by atomic mass is 10.1. The maximum absolute atomic E-state index is 12.8. The highest BCUT2D eigenvalue weighted by atomic mass is 32.2. The van der Waals surface area contributed by atoms with Crippen molar-refractivity contribution in [3.8, 4) is 11.3 Å². The number of benzene rings is 1. The molecule has 2 aromatic rings. The number of aromatic amines is 1. The molecule has 0 aliphatic rings. The highest BCUT2D eigenvalue weighted by molar-refractivity contribution is 7.86. The average Bonchev–Trinajstić information content (AvgIpc) is 2.84. The summed E-state index contributed by atoms with van der Waals surface area (Å²) in [6, 6.07) is 7.73. The molecule has 0 radical (unpaired) electrons. The molecule has 1 unspecified atom stereocenters. The van der Waals surface area contributed by atoms with Crippen LogP contribution in [0.3, 0.4) is 0 Å². The van der Waals surface area contributed by atoms with Crippen molar-refractivity contribution in [3.63, 3.8) is 0 Å². The van der Waals surface area contributed by atoms with Crippen LogP contribution in [0.15, 0.2) is 30.3 Å². The zero-order valence-corrected chi connectivity index (χ0v) is 11.7. The molecule has 0 saturated carbocycles. The first-order chi connectivity index (χ1) is 9.36. The number of hydrogen-bond acceptors (Lipinski definition) is 3. The maximum Gasteiger partial charge on any atom is 0.267 e. The normalized spacial score (nSPS) is 13.3. The number of nitrogens with one attached hydrogen (secondary N) is 1. The van der Waals surface area contributed by atoms with Crippen molar-refractivity contribution in [2.45, 2.75) is 25.0 Å². The Kier molecular flexibility index (Phi) is 4.20. The van der Waals surface area contributed by atoms with Gasteiger partial charge in [0.1, 0.15) is 5.82 Å². The molecule has 0 fully saturated rings. The van der Waals surface area contributed by atoms with Gasteiger partial charge in [-0.25, -0.2) is 4.39 Å². The van der Waals surface area contributed by atoms with E-state index in [1.54, 1.807) is 18.2 Å². The first-order valence-electron chi connectivity index (χ1n) is 6.13. The summed E-state index contributed by atoms with van der Waals surface area (Å²) in [5.41, 5.74) is 2.20. The van der Waals surface area contributed by atoms with Crippen molar-refractivity contribution in [1.29, 1.82) is 0 Å². The van der Waals surface area contributed by atoms with Crippen LogP contribution in [0.4, 0.5) is 4.39 Å². The minimum absolute atomic E-state index is 0.296. The van der Waals surface area contributed by atoms with Gasteiger partial charge >= 0.3 is 0 Å². The Hall–Kier alpha value is -1.73. The number of nitrogens with zero attached hydrogens (tertiary/aromatic N) is 1. The summed E-state index contributed by atoms with van der Waals surface area (Å²) in [6.45, 7) is 1.45. The molecule has 2 N–H and O–H groups in total. The predicted molar refractivity (Wildman–Crippen MR) is 73.3 cm³/mol. The molecule has 20 heavy (non-hydrogen) atoms. The van der Waals surface area contributed by atoms with Gasteiger partial charge in [0.2, 0.25) is 0 Å². The molecule has 0 saturated heterocycles. The van der Waals surface area contributed by atoms with E-state index in [0.717, 1.165) is 11.3 Å². The highest BCUT2D eigenvalue weighted by Gasteiger charge is 2.17. The van der Waals surface area contributed by atoms with Gasteiger partial charge in [-0.15, -0.1) is 0 Å². The van der Waals surface area contributed by atoms with E-state index in [4.69, 9.17) is 4.55 Å². The van der Waals surface area contributed by atoms with Gasteiger partial charge in [0, 0.05) is 11.3 Å². The van der Waals surface area contributed by atoms with E-state index in [1.807, 2.05) is 0 Å². The molecule has 2 rings (SSSR count). The Balaban J connectivity index is 2.04. The van der Waals surface area contributed by atoms with Crippen LogP contribution in [-0.2, 0) is 16.5 Å².